The quantitative estimate of drug-likeness (QED) is 0.678. The van der Waals surface area contributed by atoms with Gasteiger partial charge in [0.2, 0.25) is 0 Å². The minimum Gasteiger partial charge on any atom is -0.300 e. The molecule has 27 heavy (non-hydrogen) atoms. The third kappa shape index (κ3) is 2.57. The van der Waals surface area contributed by atoms with Crippen LogP contribution >= 0.6 is 0 Å². The van der Waals surface area contributed by atoms with E-state index in [1.165, 1.54) is 0 Å². The summed E-state index contributed by atoms with van der Waals surface area (Å²) >= 11 is 0. The second-order valence-electron chi connectivity index (χ2n) is 10.1. The van der Waals surface area contributed by atoms with Gasteiger partial charge in [0.15, 0.2) is 11.6 Å². The predicted molar refractivity (Wildman–Crippen MR) is 105 cm³/mol. The zero-order chi connectivity index (χ0) is 19.6. The second kappa shape index (κ2) is 6.25. The Morgan fingerprint density at radius 1 is 1.26 bits per heavy atom. The minimum absolute atomic E-state index is 0.00300. The maximum absolute atomic E-state index is 13.0. The molecule has 4 rings (SSSR count). The summed E-state index contributed by atoms with van der Waals surface area (Å²) in [7, 11) is 0. The molecule has 0 aromatic heterocycles. The minimum atomic E-state index is -0.155. The van der Waals surface area contributed by atoms with Crippen molar-refractivity contribution in [3.05, 3.63) is 24.3 Å². The van der Waals surface area contributed by atoms with Crippen LogP contribution in [0.2, 0.25) is 0 Å². The van der Waals surface area contributed by atoms with Crippen LogP contribution in [0.15, 0.2) is 24.3 Å². The van der Waals surface area contributed by atoms with Crippen LogP contribution in [0.4, 0.5) is 0 Å². The van der Waals surface area contributed by atoms with E-state index in [-0.39, 0.29) is 28.3 Å². The first-order chi connectivity index (χ1) is 12.7. The first-order valence-electron chi connectivity index (χ1n) is 10.6. The van der Waals surface area contributed by atoms with Gasteiger partial charge in [0.25, 0.3) is 0 Å². The van der Waals surface area contributed by atoms with Crippen molar-refractivity contribution < 1.29 is 14.4 Å². The van der Waals surface area contributed by atoms with Crippen LogP contribution in [-0.2, 0) is 14.4 Å². The molecule has 0 heterocycles. The Morgan fingerprint density at radius 2 is 2.00 bits per heavy atom. The molecular weight excluding hydrogens is 336 g/mol. The van der Waals surface area contributed by atoms with E-state index in [9.17, 15) is 14.4 Å². The van der Waals surface area contributed by atoms with E-state index in [2.05, 4.69) is 20.4 Å². The Kier molecular flexibility index (Phi) is 4.36. The van der Waals surface area contributed by atoms with Crippen molar-refractivity contribution in [3.63, 3.8) is 0 Å². The molecule has 3 nitrogen and oxygen atoms in total. The van der Waals surface area contributed by atoms with E-state index < -0.39 is 0 Å². The van der Waals surface area contributed by atoms with Gasteiger partial charge in [-0.3, -0.25) is 14.4 Å². The van der Waals surface area contributed by atoms with Gasteiger partial charge in [-0.25, -0.2) is 0 Å². The first kappa shape index (κ1) is 18.8. The van der Waals surface area contributed by atoms with Gasteiger partial charge < -0.3 is 0 Å². The molecule has 0 radical (unpaired) electrons. The topological polar surface area (TPSA) is 51.2 Å². The van der Waals surface area contributed by atoms with Crippen molar-refractivity contribution in [1.29, 1.82) is 0 Å². The van der Waals surface area contributed by atoms with Gasteiger partial charge in [0.1, 0.15) is 5.78 Å². The first-order valence-corrected chi connectivity index (χ1v) is 10.6. The van der Waals surface area contributed by atoms with E-state index in [0.29, 0.717) is 42.3 Å². The van der Waals surface area contributed by atoms with Crippen molar-refractivity contribution in [3.8, 4) is 0 Å². The standard InChI is InChI=1S/C24H32O3/c1-5-6-15-11-19-17-13-21(27)20-12-16(26)7-9-23(20,3)18(17)8-10-24(19,4)22(15)14(2)25/h5,12,15,17-19,22H,1,6-11,13H2,2-4H3/t15-,17-,18+,19+,22+,23-,24+/m1/s1. The molecule has 4 aliphatic carbocycles. The summed E-state index contributed by atoms with van der Waals surface area (Å²) in [5.41, 5.74) is 0.646. The molecular formula is C24H32O3. The number of hydrogen-bond donors (Lipinski definition) is 0. The molecule has 0 aromatic carbocycles. The number of carbonyl (C=O) groups is 3. The monoisotopic (exact) mass is 368 g/mol. The number of carbonyl (C=O) groups excluding carboxylic acids is 3. The van der Waals surface area contributed by atoms with E-state index in [4.69, 9.17) is 0 Å². The summed E-state index contributed by atoms with van der Waals surface area (Å²) in [6.07, 6.45) is 9.59. The molecule has 0 unspecified atom stereocenters. The Morgan fingerprint density at radius 3 is 2.67 bits per heavy atom. The number of hydrogen-bond acceptors (Lipinski definition) is 3. The second-order valence-corrected chi connectivity index (χ2v) is 10.1. The normalized spacial score (nSPS) is 46.2. The number of allylic oxidation sites excluding steroid dienone is 2. The van der Waals surface area contributed by atoms with E-state index in [0.717, 1.165) is 37.7 Å². The van der Waals surface area contributed by atoms with Crippen molar-refractivity contribution in [2.45, 2.75) is 65.7 Å². The zero-order valence-corrected chi connectivity index (χ0v) is 16.9. The fraction of sp³-hybridized carbons (Fsp3) is 0.708. The Hall–Kier alpha value is -1.51. The third-order valence-corrected chi connectivity index (χ3v) is 8.87. The van der Waals surface area contributed by atoms with Crippen molar-refractivity contribution in [2.24, 2.45) is 40.4 Å². The Labute approximate surface area is 162 Å². The number of Topliss-reactive ketones (excluding diaryl/α,β-unsaturated/α-hetero) is 2. The van der Waals surface area contributed by atoms with E-state index in [1.807, 2.05) is 6.08 Å². The van der Waals surface area contributed by atoms with Crippen LogP contribution in [-0.4, -0.2) is 17.3 Å². The summed E-state index contributed by atoms with van der Waals surface area (Å²) in [6.45, 7) is 10.2. The maximum Gasteiger partial charge on any atom is 0.159 e. The lowest BCUT2D eigenvalue weighted by Gasteiger charge is -2.57. The summed E-state index contributed by atoms with van der Waals surface area (Å²) in [6, 6.07) is 0. The summed E-state index contributed by atoms with van der Waals surface area (Å²) in [5.74, 6) is 2.29. The zero-order valence-electron chi connectivity index (χ0n) is 16.9. The van der Waals surface area contributed by atoms with Gasteiger partial charge in [-0.15, -0.1) is 6.58 Å². The summed E-state index contributed by atoms with van der Waals surface area (Å²) in [4.78, 5) is 37.6. The largest absolute Gasteiger partial charge is 0.300 e. The van der Waals surface area contributed by atoms with Crippen molar-refractivity contribution in [2.75, 3.05) is 0 Å². The number of fused-ring (bicyclic) bond motifs is 5. The molecule has 4 aliphatic rings. The molecule has 3 heteroatoms. The SMILES string of the molecule is C=CC[C@@H]1C[C@H]2[C@@H]3CC(=O)C4=CC(=O)CC[C@]4(C)[C@H]3CC[C@]2(C)[C@H]1C(C)=O. The Balaban J connectivity index is 1.73. The lowest BCUT2D eigenvalue weighted by molar-refractivity contribution is -0.135. The van der Waals surface area contributed by atoms with Crippen LogP contribution in [0.5, 0.6) is 0 Å². The summed E-state index contributed by atoms with van der Waals surface area (Å²) in [5, 5.41) is 0. The van der Waals surface area contributed by atoms with Gasteiger partial charge in [-0.05, 0) is 79.6 Å². The molecule has 0 N–H and O–H groups in total. The molecule has 3 saturated carbocycles. The van der Waals surface area contributed by atoms with Gasteiger partial charge in [0, 0.05) is 24.3 Å². The predicted octanol–water partition coefficient (Wildman–Crippen LogP) is 4.70. The maximum atomic E-state index is 13.0. The summed E-state index contributed by atoms with van der Waals surface area (Å²) < 4.78 is 0. The molecule has 3 fully saturated rings. The lowest BCUT2D eigenvalue weighted by atomic mass is 9.46. The molecule has 0 bridgehead atoms. The Bertz CT molecular complexity index is 747. The molecule has 0 aromatic rings. The average Bonchev–Trinajstić information content (AvgIpc) is 2.89. The van der Waals surface area contributed by atoms with E-state index >= 15 is 0 Å². The van der Waals surface area contributed by atoms with Gasteiger partial charge in [-0.1, -0.05) is 19.9 Å². The van der Waals surface area contributed by atoms with Crippen molar-refractivity contribution >= 4 is 17.3 Å². The number of rotatable bonds is 3. The van der Waals surface area contributed by atoms with E-state index in [1.54, 1.807) is 13.0 Å². The van der Waals surface area contributed by atoms with Gasteiger partial charge >= 0.3 is 0 Å². The molecule has 146 valence electrons. The number of ketones is 3. The fourth-order valence-corrected chi connectivity index (χ4v) is 7.81. The lowest BCUT2D eigenvalue weighted by Crippen LogP contribution is -2.53. The highest BCUT2D eigenvalue weighted by Crippen LogP contribution is 2.67. The van der Waals surface area contributed by atoms with Crippen LogP contribution in [0.1, 0.15) is 65.7 Å². The molecule has 7 atom stereocenters. The third-order valence-electron chi connectivity index (χ3n) is 8.87. The molecule has 0 spiro atoms. The molecule has 0 aliphatic heterocycles. The van der Waals surface area contributed by atoms with Crippen molar-refractivity contribution in [1.82, 2.24) is 0 Å². The average molecular weight is 369 g/mol. The van der Waals surface area contributed by atoms with Crippen LogP contribution in [0.3, 0.4) is 0 Å². The highest BCUT2D eigenvalue weighted by atomic mass is 16.1. The van der Waals surface area contributed by atoms with Crippen LogP contribution in [0.25, 0.3) is 0 Å². The fourth-order valence-electron chi connectivity index (χ4n) is 7.81. The van der Waals surface area contributed by atoms with Crippen LogP contribution < -0.4 is 0 Å². The smallest absolute Gasteiger partial charge is 0.159 e. The van der Waals surface area contributed by atoms with Gasteiger partial charge in [-0.2, -0.15) is 0 Å². The van der Waals surface area contributed by atoms with Crippen LogP contribution in [0, 0.1) is 40.4 Å². The highest BCUT2D eigenvalue weighted by Gasteiger charge is 2.63. The molecule has 0 saturated heterocycles. The highest BCUT2D eigenvalue weighted by molar-refractivity contribution is 6.05. The molecule has 0 amide bonds. The van der Waals surface area contributed by atoms with Gasteiger partial charge in [0.05, 0.1) is 0 Å².